The molecular weight excluding hydrogens is 469 g/mol. The number of ether oxygens (including phenoxy) is 1. The van der Waals surface area contributed by atoms with E-state index in [0.29, 0.717) is 29.3 Å². The third-order valence-corrected chi connectivity index (χ3v) is 9.54. The SMILES string of the molecule is O=C(NCC1CN(c2ccc(N3CCC4(CC3)CS(=O)(=O)C4)c(F)c2)C(=O)O1)c1cccs1. The molecule has 1 aromatic carbocycles. The number of hydrogen-bond donors (Lipinski definition) is 1. The first kappa shape index (κ1) is 22.1. The summed E-state index contributed by atoms with van der Waals surface area (Å²) in [5.74, 6) is -0.188. The predicted octanol–water partition coefficient (Wildman–Crippen LogP) is 2.66. The predicted molar refractivity (Wildman–Crippen MR) is 123 cm³/mol. The number of hydrogen-bond acceptors (Lipinski definition) is 7. The molecule has 4 heterocycles. The summed E-state index contributed by atoms with van der Waals surface area (Å²) >= 11 is 1.33. The second-order valence-corrected chi connectivity index (χ2v) is 12.0. The molecule has 0 aliphatic carbocycles. The second kappa shape index (κ2) is 8.28. The van der Waals surface area contributed by atoms with Crippen LogP contribution < -0.4 is 15.1 Å². The fourth-order valence-corrected chi connectivity index (χ4v) is 7.86. The van der Waals surface area contributed by atoms with Crippen LogP contribution in [0.25, 0.3) is 0 Å². The molecule has 11 heteroatoms. The van der Waals surface area contributed by atoms with Crippen molar-refractivity contribution < 1.29 is 27.1 Å². The number of halogens is 1. The average molecular weight is 494 g/mol. The van der Waals surface area contributed by atoms with Gasteiger partial charge in [-0.05, 0) is 42.5 Å². The molecule has 1 spiro atoms. The summed E-state index contributed by atoms with van der Waals surface area (Å²) in [4.78, 5) is 28.3. The van der Waals surface area contributed by atoms with Crippen LogP contribution in [0.2, 0.25) is 0 Å². The highest BCUT2D eigenvalue weighted by Gasteiger charge is 2.49. The monoisotopic (exact) mass is 493 g/mol. The molecule has 2 aromatic rings. The van der Waals surface area contributed by atoms with Gasteiger partial charge in [0.1, 0.15) is 11.9 Å². The molecule has 3 fully saturated rings. The molecule has 3 aliphatic rings. The Kier molecular flexibility index (Phi) is 5.56. The molecule has 1 aromatic heterocycles. The van der Waals surface area contributed by atoms with Crippen LogP contribution in [-0.2, 0) is 14.6 Å². The van der Waals surface area contributed by atoms with E-state index in [-0.39, 0.29) is 35.9 Å². The standard InChI is InChI=1S/C22H24FN3O5S2/c23-17-10-15(3-4-18(17)25-7-5-22(6-8-25)13-33(29,30)14-22)26-12-16(31-21(26)28)11-24-20(27)19-2-1-9-32-19/h1-4,9-10,16H,5-8,11-14H2,(H,24,27). The molecule has 1 N–H and O–H groups in total. The first-order valence-corrected chi connectivity index (χ1v) is 13.5. The highest BCUT2D eigenvalue weighted by Crippen LogP contribution is 2.43. The van der Waals surface area contributed by atoms with E-state index in [0.717, 1.165) is 12.8 Å². The first-order chi connectivity index (χ1) is 15.7. The summed E-state index contributed by atoms with van der Waals surface area (Å²) in [6, 6.07) is 8.16. The van der Waals surface area contributed by atoms with Crippen molar-refractivity contribution in [1.29, 1.82) is 0 Å². The van der Waals surface area contributed by atoms with Crippen molar-refractivity contribution >= 4 is 44.5 Å². The molecule has 0 radical (unpaired) electrons. The Morgan fingerprint density at radius 2 is 2.00 bits per heavy atom. The van der Waals surface area contributed by atoms with Crippen LogP contribution in [0, 0.1) is 11.2 Å². The number of benzene rings is 1. The van der Waals surface area contributed by atoms with E-state index in [9.17, 15) is 22.4 Å². The summed E-state index contributed by atoms with van der Waals surface area (Å²) in [5, 5.41) is 4.56. The molecule has 1 atom stereocenters. The highest BCUT2D eigenvalue weighted by atomic mass is 32.2. The van der Waals surface area contributed by atoms with Gasteiger partial charge in [-0.3, -0.25) is 9.69 Å². The van der Waals surface area contributed by atoms with E-state index in [1.807, 2.05) is 10.3 Å². The number of thiophene rings is 1. The van der Waals surface area contributed by atoms with Crippen LogP contribution in [0.4, 0.5) is 20.6 Å². The number of anilines is 2. The Labute approximate surface area is 195 Å². The maximum absolute atomic E-state index is 15.0. The Hall–Kier alpha value is -2.66. The van der Waals surface area contributed by atoms with Gasteiger partial charge in [0.15, 0.2) is 9.84 Å². The van der Waals surface area contributed by atoms with Crippen LogP contribution >= 0.6 is 11.3 Å². The van der Waals surface area contributed by atoms with Crippen molar-refractivity contribution in [2.45, 2.75) is 18.9 Å². The van der Waals surface area contributed by atoms with Gasteiger partial charge in [0, 0.05) is 18.5 Å². The lowest BCUT2D eigenvalue weighted by Gasteiger charge is -2.47. The maximum atomic E-state index is 15.0. The minimum atomic E-state index is -2.89. The van der Waals surface area contributed by atoms with E-state index < -0.39 is 27.9 Å². The van der Waals surface area contributed by atoms with Crippen LogP contribution in [0.3, 0.4) is 0 Å². The summed E-state index contributed by atoms with van der Waals surface area (Å²) in [6.45, 7) is 1.58. The lowest BCUT2D eigenvalue weighted by molar-refractivity contribution is 0.0920. The minimum absolute atomic E-state index is 0.140. The van der Waals surface area contributed by atoms with Crippen molar-refractivity contribution in [3.05, 3.63) is 46.4 Å². The normalized spacial score (nSPS) is 23.3. The van der Waals surface area contributed by atoms with Crippen molar-refractivity contribution in [1.82, 2.24) is 5.32 Å². The second-order valence-electron chi connectivity index (χ2n) is 8.96. The Bertz CT molecular complexity index is 1160. The van der Waals surface area contributed by atoms with E-state index in [1.54, 1.807) is 24.3 Å². The van der Waals surface area contributed by atoms with Crippen molar-refractivity contribution in [2.75, 3.05) is 47.5 Å². The number of sulfone groups is 1. The number of nitrogens with zero attached hydrogens (tertiary/aromatic N) is 2. The molecule has 0 bridgehead atoms. The number of rotatable bonds is 5. The molecule has 176 valence electrons. The van der Waals surface area contributed by atoms with Crippen LogP contribution in [-0.4, -0.2) is 64.2 Å². The zero-order valence-electron chi connectivity index (χ0n) is 17.8. The molecule has 8 nitrogen and oxygen atoms in total. The minimum Gasteiger partial charge on any atom is -0.442 e. The topological polar surface area (TPSA) is 96.0 Å². The zero-order chi connectivity index (χ0) is 23.2. The fourth-order valence-electron chi connectivity index (χ4n) is 4.86. The molecule has 33 heavy (non-hydrogen) atoms. The van der Waals surface area contributed by atoms with E-state index >= 15 is 0 Å². The largest absolute Gasteiger partial charge is 0.442 e. The van der Waals surface area contributed by atoms with Gasteiger partial charge in [0.25, 0.3) is 5.91 Å². The number of nitrogens with one attached hydrogen (secondary N) is 1. The number of carbonyl (C=O) groups excluding carboxylic acids is 2. The smallest absolute Gasteiger partial charge is 0.414 e. The van der Waals surface area contributed by atoms with E-state index in [1.165, 1.54) is 22.3 Å². The fraction of sp³-hybridized carbons (Fsp3) is 0.455. The molecule has 3 saturated heterocycles. The highest BCUT2D eigenvalue weighted by molar-refractivity contribution is 7.92. The van der Waals surface area contributed by atoms with E-state index in [2.05, 4.69) is 5.32 Å². The van der Waals surface area contributed by atoms with Gasteiger partial charge in [0.05, 0.1) is 40.8 Å². The van der Waals surface area contributed by atoms with Crippen LogP contribution in [0.5, 0.6) is 0 Å². The third-order valence-electron chi connectivity index (χ3n) is 6.57. The van der Waals surface area contributed by atoms with Gasteiger partial charge >= 0.3 is 6.09 Å². The van der Waals surface area contributed by atoms with Gasteiger partial charge < -0.3 is 15.0 Å². The number of carbonyl (C=O) groups is 2. The van der Waals surface area contributed by atoms with Crippen molar-refractivity contribution in [3.63, 3.8) is 0 Å². The van der Waals surface area contributed by atoms with Crippen LogP contribution in [0.15, 0.2) is 35.7 Å². The molecule has 3 aliphatic heterocycles. The number of piperidine rings is 1. The lowest BCUT2D eigenvalue weighted by atomic mass is 9.81. The Morgan fingerprint density at radius 1 is 1.24 bits per heavy atom. The third kappa shape index (κ3) is 4.43. The summed E-state index contributed by atoms with van der Waals surface area (Å²) in [6.07, 6.45) is 0.347. The first-order valence-electron chi connectivity index (χ1n) is 10.8. The summed E-state index contributed by atoms with van der Waals surface area (Å²) in [7, 11) is -2.89. The van der Waals surface area contributed by atoms with Crippen molar-refractivity contribution in [2.24, 2.45) is 5.41 Å². The molecule has 1 unspecified atom stereocenters. The lowest BCUT2D eigenvalue weighted by Crippen LogP contribution is -2.54. The van der Waals surface area contributed by atoms with E-state index in [4.69, 9.17) is 4.74 Å². The quantitative estimate of drug-likeness (QED) is 0.688. The van der Waals surface area contributed by atoms with Gasteiger partial charge in [-0.1, -0.05) is 6.07 Å². The van der Waals surface area contributed by atoms with Crippen molar-refractivity contribution in [3.8, 4) is 0 Å². The van der Waals surface area contributed by atoms with Gasteiger partial charge in [0.2, 0.25) is 0 Å². The number of cyclic esters (lactones) is 1. The summed E-state index contributed by atoms with van der Waals surface area (Å²) in [5.41, 5.74) is 0.703. The Morgan fingerprint density at radius 3 is 2.64 bits per heavy atom. The summed E-state index contributed by atoms with van der Waals surface area (Å²) < 4.78 is 43.4. The zero-order valence-corrected chi connectivity index (χ0v) is 19.5. The number of amides is 2. The Balaban J connectivity index is 1.19. The van der Waals surface area contributed by atoms with Crippen LogP contribution in [0.1, 0.15) is 22.5 Å². The molecule has 2 amide bonds. The van der Waals surface area contributed by atoms with Gasteiger partial charge in [-0.2, -0.15) is 0 Å². The average Bonchev–Trinajstić information content (AvgIpc) is 3.41. The van der Waals surface area contributed by atoms with Gasteiger partial charge in [-0.25, -0.2) is 17.6 Å². The van der Waals surface area contributed by atoms with Gasteiger partial charge in [-0.15, -0.1) is 11.3 Å². The molecule has 5 rings (SSSR count). The molecular formula is C22H24FN3O5S2. The maximum Gasteiger partial charge on any atom is 0.414 e. The molecule has 0 saturated carbocycles.